The number of benzene rings is 2. The lowest BCUT2D eigenvalue weighted by atomic mass is 9.97. The van der Waals surface area contributed by atoms with Gasteiger partial charge in [0, 0.05) is 16.2 Å². The Morgan fingerprint density at radius 2 is 0.578 bits per heavy atom. The maximum Gasteiger partial charge on any atom is 0.335 e. The van der Waals surface area contributed by atoms with Crippen LogP contribution in [0.4, 0.5) is 0 Å². The highest BCUT2D eigenvalue weighted by atomic mass is 16.4. The fourth-order valence-corrected chi connectivity index (χ4v) is 1.72. The molecule has 0 amide bonds. The summed E-state index contributed by atoms with van der Waals surface area (Å²) in [7, 11) is 0. The normalized spacial score (nSPS) is 10.6. The zero-order valence-corrected chi connectivity index (χ0v) is 26.5. The Morgan fingerprint density at radius 1 is 0.422 bits per heavy atom. The minimum absolute atomic E-state index is 0.0186. The van der Waals surface area contributed by atoms with E-state index in [-0.39, 0.29) is 78.1 Å². The third-order valence-corrected chi connectivity index (χ3v) is 5.28. The van der Waals surface area contributed by atoms with Gasteiger partial charge in [0.2, 0.25) is 0 Å². The Labute approximate surface area is 262 Å². The van der Waals surface area contributed by atoms with Crippen molar-refractivity contribution in [3.63, 3.8) is 0 Å². The van der Waals surface area contributed by atoms with Crippen LogP contribution in [0.3, 0.4) is 0 Å². The van der Waals surface area contributed by atoms with E-state index in [4.69, 9.17) is 51.1 Å². The average molecular weight is 645 g/mol. The second-order valence-corrected chi connectivity index (χ2v) is 11.8. The lowest BCUT2D eigenvalue weighted by Gasteiger charge is -2.16. The molecule has 0 unspecified atom stereocenters. The molecule has 0 atom stereocenters. The highest BCUT2D eigenvalue weighted by Gasteiger charge is 2.14. The van der Waals surface area contributed by atoms with Gasteiger partial charge in [-0.3, -0.25) is 0 Å². The fourth-order valence-electron chi connectivity index (χ4n) is 1.72. The molecule has 0 fully saturated rings. The molecule has 0 aliphatic rings. The van der Waals surface area contributed by atoms with Crippen molar-refractivity contribution in [2.75, 3.05) is 39.6 Å². The van der Waals surface area contributed by atoms with Crippen molar-refractivity contribution in [1.82, 2.24) is 0 Å². The van der Waals surface area contributed by atoms with Gasteiger partial charge >= 0.3 is 23.9 Å². The molecule has 0 bridgehead atoms. The van der Waals surface area contributed by atoms with E-state index >= 15 is 0 Å². The van der Waals surface area contributed by atoms with Crippen LogP contribution >= 0.6 is 0 Å². The number of carboxylic acids is 4. The zero-order valence-electron chi connectivity index (χ0n) is 26.5. The van der Waals surface area contributed by atoms with E-state index in [0.717, 1.165) is 12.1 Å². The van der Waals surface area contributed by atoms with Gasteiger partial charge in [-0.1, -0.05) is 53.7 Å². The van der Waals surface area contributed by atoms with Gasteiger partial charge < -0.3 is 51.1 Å². The minimum Gasteiger partial charge on any atom is -0.478 e. The monoisotopic (exact) mass is 644 g/mol. The first kappa shape index (κ1) is 45.5. The van der Waals surface area contributed by atoms with Gasteiger partial charge in [0.15, 0.2) is 0 Å². The van der Waals surface area contributed by atoms with Crippen LogP contribution in [0.5, 0.6) is 0 Å². The van der Waals surface area contributed by atoms with Gasteiger partial charge in [0.1, 0.15) is 0 Å². The van der Waals surface area contributed by atoms with E-state index in [1.807, 2.05) is 0 Å². The van der Waals surface area contributed by atoms with Gasteiger partial charge in [0.05, 0.1) is 61.9 Å². The van der Waals surface area contributed by atoms with Crippen molar-refractivity contribution >= 4 is 23.9 Å². The standard InChI is InChI=1S/2C8H6O4.3C5H12O2/c2*9-7(10)5-2-1-3-6(4-5)8(11)12;3*1-5(2,3-6)4-7/h2*1-4H,(H,9,10)(H,11,12);3*6-7H,3-4H2,1-2H3. The summed E-state index contributed by atoms with van der Waals surface area (Å²) in [4.78, 5) is 41.5. The summed E-state index contributed by atoms with van der Waals surface area (Å²) in [6.45, 7) is 11.1. The lowest BCUT2D eigenvalue weighted by molar-refractivity contribution is 0.0676. The third kappa shape index (κ3) is 23.2. The van der Waals surface area contributed by atoms with E-state index in [9.17, 15) is 19.2 Å². The van der Waals surface area contributed by atoms with Gasteiger partial charge in [-0.25, -0.2) is 19.2 Å². The van der Waals surface area contributed by atoms with E-state index in [0.29, 0.717) is 0 Å². The van der Waals surface area contributed by atoms with Gasteiger partial charge in [-0.15, -0.1) is 0 Å². The van der Waals surface area contributed by atoms with Crippen LogP contribution in [0.1, 0.15) is 83.0 Å². The number of hydrogen-bond acceptors (Lipinski definition) is 10. The Hall–Kier alpha value is -3.92. The maximum atomic E-state index is 10.4. The highest BCUT2D eigenvalue weighted by molar-refractivity contribution is 5.94. The molecule has 256 valence electrons. The Balaban J connectivity index is -0.000000504. The number of aromatic carboxylic acids is 4. The van der Waals surface area contributed by atoms with Gasteiger partial charge in [-0.2, -0.15) is 0 Å². The van der Waals surface area contributed by atoms with Crippen LogP contribution in [-0.4, -0.2) is 115 Å². The minimum atomic E-state index is -1.13. The predicted octanol–water partition coefficient (Wildman–Crippen LogP) is 2.16. The van der Waals surface area contributed by atoms with E-state index in [2.05, 4.69) is 0 Å². The topological polar surface area (TPSA) is 271 Å². The number of aliphatic hydroxyl groups is 6. The smallest absolute Gasteiger partial charge is 0.335 e. The van der Waals surface area contributed by atoms with E-state index in [1.165, 1.54) is 36.4 Å². The summed E-state index contributed by atoms with van der Waals surface area (Å²) in [6, 6.07) is 10.4. The van der Waals surface area contributed by atoms with Gasteiger partial charge in [-0.05, 0) is 36.4 Å². The fraction of sp³-hybridized carbons (Fsp3) is 0.484. The predicted molar refractivity (Wildman–Crippen MR) is 165 cm³/mol. The summed E-state index contributed by atoms with van der Waals surface area (Å²) >= 11 is 0. The molecule has 45 heavy (non-hydrogen) atoms. The van der Waals surface area contributed by atoms with Crippen molar-refractivity contribution in [3.05, 3.63) is 70.8 Å². The number of hydrogen-bond donors (Lipinski definition) is 10. The Bertz CT molecular complexity index is 990. The molecule has 0 heterocycles. The molecule has 0 aliphatic heterocycles. The van der Waals surface area contributed by atoms with Crippen LogP contribution in [0, 0.1) is 16.2 Å². The number of carboxylic acid groups (broad SMARTS) is 4. The van der Waals surface area contributed by atoms with Crippen molar-refractivity contribution < 1.29 is 70.2 Å². The molecule has 0 aromatic heterocycles. The van der Waals surface area contributed by atoms with Crippen LogP contribution in [0.15, 0.2) is 48.5 Å². The number of carbonyl (C=O) groups is 4. The maximum absolute atomic E-state index is 10.4. The molecule has 2 aromatic rings. The summed E-state index contributed by atoms with van der Waals surface area (Å²) in [6.07, 6.45) is 0. The molecule has 0 saturated heterocycles. The molecular weight excluding hydrogens is 596 g/mol. The molecule has 14 nitrogen and oxygen atoms in total. The van der Waals surface area contributed by atoms with Crippen molar-refractivity contribution in [3.8, 4) is 0 Å². The summed E-state index contributed by atoms with van der Waals surface area (Å²) in [5, 5.41) is 84.6. The zero-order chi connectivity index (χ0) is 36.0. The Kier molecular flexibility index (Phi) is 22.8. The van der Waals surface area contributed by atoms with Crippen LogP contribution < -0.4 is 0 Å². The molecule has 14 heteroatoms. The molecule has 0 aliphatic carbocycles. The number of rotatable bonds is 10. The largest absolute Gasteiger partial charge is 0.478 e. The summed E-state index contributed by atoms with van der Waals surface area (Å²) in [5.41, 5.74) is -0.991. The first-order valence-corrected chi connectivity index (χ1v) is 13.4. The molecule has 0 radical (unpaired) electrons. The van der Waals surface area contributed by atoms with Crippen molar-refractivity contribution in [2.24, 2.45) is 16.2 Å². The third-order valence-electron chi connectivity index (χ3n) is 5.28. The van der Waals surface area contributed by atoms with Crippen molar-refractivity contribution in [2.45, 2.75) is 41.5 Å². The molecule has 0 spiro atoms. The second-order valence-electron chi connectivity index (χ2n) is 11.8. The lowest BCUT2D eigenvalue weighted by Crippen LogP contribution is -2.20. The SMILES string of the molecule is CC(C)(CO)CO.CC(C)(CO)CO.CC(C)(CO)CO.O=C(O)c1cccc(C(=O)O)c1.O=C(O)c1cccc(C(=O)O)c1. The molecule has 2 rings (SSSR count). The quantitative estimate of drug-likeness (QED) is 0.178. The van der Waals surface area contributed by atoms with Crippen molar-refractivity contribution in [1.29, 1.82) is 0 Å². The van der Waals surface area contributed by atoms with E-state index < -0.39 is 23.9 Å². The van der Waals surface area contributed by atoms with Crippen LogP contribution in [-0.2, 0) is 0 Å². The molecule has 10 N–H and O–H groups in total. The summed E-state index contributed by atoms with van der Waals surface area (Å²) in [5.74, 6) is -4.51. The highest BCUT2D eigenvalue weighted by Crippen LogP contribution is 2.11. The average Bonchev–Trinajstić information content (AvgIpc) is 3.02. The first-order chi connectivity index (χ1) is 20.6. The molecule has 2 aromatic carbocycles. The molecular formula is C31H48O14. The van der Waals surface area contributed by atoms with Gasteiger partial charge in [0.25, 0.3) is 0 Å². The van der Waals surface area contributed by atoms with Crippen LogP contribution in [0.2, 0.25) is 0 Å². The van der Waals surface area contributed by atoms with E-state index in [1.54, 1.807) is 41.5 Å². The summed E-state index contributed by atoms with van der Waals surface area (Å²) < 4.78 is 0. The molecule has 0 saturated carbocycles. The Morgan fingerprint density at radius 3 is 0.667 bits per heavy atom. The number of aliphatic hydroxyl groups excluding tert-OH is 6. The second kappa shape index (κ2) is 22.6. The van der Waals surface area contributed by atoms with Crippen LogP contribution in [0.25, 0.3) is 0 Å². The first-order valence-electron chi connectivity index (χ1n) is 13.4.